The highest BCUT2D eigenvalue weighted by molar-refractivity contribution is 5.81. The van der Waals surface area contributed by atoms with Gasteiger partial charge in [-0.05, 0) is 38.2 Å². The van der Waals surface area contributed by atoms with Crippen molar-refractivity contribution in [2.75, 3.05) is 6.54 Å². The van der Waals surface area contributed by atoms with Crippen LogP contribution in [-0.2, 0) is 11.2 Å². The van der Waals surface area contributed by atoms with Crippen LogP contribution in [0, 0.1) is 5.92 Å². The smallest absolute Gasteiger partial charge is 0.239 e. The number of carbonyl (C=O) groups is 1. The Morgan fingerprint density at radius 1 is 1.44 bits per heavy atom. The average Bonchev–Trinajstić information content (AvgIpc) is 2.71. The van der Waals surface area contributed by atoms with E-state index in [4.69, 9.17) is 5.73 Å². The van der Waals surface area contributed by atoms with Crippen LogP contribution in [0.2, 0.25) is 0 Å². The fourth-order valence-electron chi connectivity index (χ4n) is 2.77. The molecule has 0 radical (unpaired) electrons. The largest absolute Gasteiger partial charge is 0.338 e. The zero-order chi connectivity index (χ0) is 13.1. The predicted octanol–water partition coefficient (Wildman–Crippen LogP) is 1.81. The van der Waals surface area contributed by atoms with Crippen LogP contribution < -0.4 is 5.73 Å². The van der Waals surface area contributed by atoms with Gasteiger partial charge in [0.15, 0.2) is 0 Å². The quantitative estimate of drug-likeness (QED) is 0.884. The standard InChI is InChI=1S/C15H22N2O/c1-11(16)15(18)17-9-8-14(12(17)2)10-13-6-4-3-5-7-13/h3-7,11-12,14H,8-10,16H2,1-2H3/t11-,12+,14-/m0/s1. The van der Waals surface area contributed by atoms with E-state index in [1.54, 1.807) is 6.92 Å². The number of nitrogens with two attached hydrogens (primary N) is 1. The summed E-state index contributed by atoms with van der Waals surface area (Å²) in [6.45, 7) is 4.75. The van der Waals surface area contributed by atoms with Crippen molar-refractivity contribution in [3.63, 3.8) is 0 Å². The first-order chi connectivity index (χ1) is 8.59. The predicted molar refractivity (Wildman–Crippen MR) is 73.1 cm³/mol. The third kappa shape index (κ3) is 2.72. The van der Waals surface area contributed by atoms with Gasteiger partial charge in [-0.15, -0.1) is 0 Å². The molecule has 2 rings (SSSR count). The second kappa shape index (κ2) is 5.53. The van der Waals surface area contributed by atoms with Crippen LogP contribution in [0.5, 0.6) is 0 Å². The Hall–Kier alpha value is -1.35. The lowest BCUT2D eigenvalue weighted by atomic mass is 9.93. The number of nitrogens with zero attached hydrogens (tertiary/aromatic N) is 1. The molecule has 1 saturated heterocycles. The van der Waals surface area contributed by atoms with Gasteiger partial charge >= 0.3 is 0 Å². The molecular formula is C15H22N2O. The number of amides is 1. The van der Waals surface area contributed by atoms with Gasteiger partial charge in [-0.25, -0.2) is 0 Å². The molecule has 1 aromatic rings. The molecule has 18 heavy (non-hydrogen) atoms. The van der Waals surface area contributed by atoms with Crippen molar-refractivity contribution < 1.29 is 4.79 Å². The first-order valence-corrected chi connectivity index (χ1v) is 6.69. The van der Waals surface area contributed by atoms with E-state index in [9.17, 15) is 4.79 Å². The van der Waals surface area contributed by atoms with Crippen molar-refractivity contribution >= 4 is 5.91 Å². The minimum atomic E-state index is -0.386. The van der Waals surface area contributed by atoms with Crippen LogP contribution in [0.3, 0.4) is 0 Å². The second-order valence-electron chi connectivity index (χ2n) is 5.30. The molecule has 98 valence electrons. The normalized spacial score (nSPS) is 25.2. The average molecular weight is 246 g/mol. The van der Waals surface area contributed by atoms with Crippen molar-refractivity contribution in [3.05, 3.63) is 35.9 Å². The summed E-state index contributed by atoms with van der Waals surface area (Å²) < 4.78 is 0. The second-order valence-corrected chi connectivity index (χ2v) is 5.30. The lowest BCUT2D eigenvalue weighted by Crippen LogP contribution is -2.44. The third-order valence-corrected chi connectivity index (χ3v) is 3.93. The minimum Gasteiger partial charge on any atom is -0.338 e. The molecule has 0 spiro atoms. The Kier molecular flexibility index (Phi) is 4.02. The van der Waals surface area contributed by atoms with Crippen molar-refractivity contribution in [2.24, 2.45) is 11.7 Å². The highest BCUT2D eigenvalue weighted by atomic mass is 16.2. The van der Waals surface area contributed by atoms with Crippen molar-refractivity contribution in [3.8, 4) is 0 Å². The molecule has 0 saturated carbocycles. The number of hydrogen-bond acceptors (Lipinski definition) is 2. The maximum atomic E-state index is 12.0. The summed E-state index contributed by atoms with van der Waals surface area (Å²) in [5, 5.41) is 0. The Bertz CT molecular complexity index is 402. The van der Waals surface area contributed by atoms with Crippen molar-refractivity contribution in [1.82, 2.24) is 4.90 Å². The summed E-state index contributed by atoms with van der Waals surface area (Å²) in [5.74, 6) is 0.633. The van der Waals surface area contributed by atoms with Gasteiger partial charge in [-0.1, -0.05) is 30.3 Å². The van der Waals surface area contributed by atoms with Crippen molar-refractivity contribution in [1.29, 1.82) is 0 Å². The molecular weight excluding hydrogens is 224 g/mol. The maximum Gasteiger partial charge on any atom is 0.239 e. The van der Waals surface area contributed by atoms with Gasteiger partial charge in [0.1, 0.15) is 0 Å². The van der Waals surface area contributed by atoms with Gasteiger partial charge in [-0.2, -0.15) is 0 Å². The van der Waals surface area contributed by atoms with E-state index in [-0.39, 0.29) is 11.9 Å². The zero-order valence-corrected chi connectivity index (χ0v) is 11.2. The summed E-state index contributed by atoms with van der Waals surface area (Å²) in [5.41, 5.74) is 7.04. The summed E-state index contributed by atoms with van der Waals surface area (Å²) >= 11 is 0. The van der Waals surface area contributed by atoms with Crippen LogP contribution in [0.15, 0.2) is 30.3 Å². The summed E-state index contributed by atoms with van der Waals surface area (Å²) in [6.07, 6.45) is 2.12. The molecule has 3 atom stereocenters. The highest BCUT2D eigenvalue weighted by Crippen LogP contribution is 2.27. The zero-order valence-electron chi connectivity index (χ0n) is 11.2. The minimum absolute atomic E-state index is 0.0815. The van der Waals surface area contributed by atoms with Crippen LogP contribution >= 0.6 is 0 Å². The molecule has 1 aliphatic rings. The van der Waals surface area contributed by atoms with Crippen LogP contribution in [0.1, 0.15) is 25.8 Å². The van der Waals surface area contributed by atoms with E-state index in [0.29, 0.717) is 12.0 Å². The van der Waals surface area contributed by atoms with Gasteiger partial charge in [0.2, 0.25) is 5.91 Å². The number of rotatable bonds is 3. The summed E-state index contributed by atoms with van der Waals surface area (Å²) in [6, 6.07) is 10.4. The maximum absolute atomic E-state index is 12.0. The fourth-order valence-corrected chi connectivity index (χ4v) is 2.77. The van der Waals surface area contributed by atoms with E-state index in [0.717, 1.165) is 19.4 Å². The Morgan fingerprint density at radius 3 is 2.72 bits per heavy atom. The van der Waals surface area contributed by atoms with E-state index < -0.39 is 0 Å². The van der Waals surface area contributed by atoms with Gasteiger partial charge in [-0.3, -0.25) is 4.79 Å². The molecule has 1 aromatic carbocycles. The number of carbonyl (C=O) groups excluding carboxylic acids is 1. The first-order valence-electron chi connectivity index (χ1n) is 6.69. The van der Waals surface area contributed by atoms with Gasteiger partial charge in [0.05, 0.1) is 6.04 Å². The van der Waals surface area contributed by atoms with Crippen molar-refractivity contribution in [2.45, 2.75) is 38.8 Å². The number of likely N-dealkylation sites (tertiary alicyclic amines) is 1. The summed E-state index contributed by atoms with van der Waals surface area (Å²) in [4.78, 5) is 13.9. The molecule has 3 nitrogen and oxygen atoms in total. The Morgan fingerprint density at radius 2 is 2.11 bits per heavy atom. The molecule has 0 unspecified atom stereocenters. The summed E-state index contributed by atoms with van der Waals surface area (Å²) in [7, 11) is 0. The number of hydrogen-bond donors (Lipinski definition) is 1. The van der Waals surface area contributed by atoms with E-state index in [2.05, 4.69) is 31.2 Å². The lowest BCUT2D eigenvalue weighted by molar-refractivity contribution is -0.133. The lowest BCUT2D eigenvalue weighted by Gasteiger charge is -2.26. The molecule has 2 N–H and O–H groups in total. The molecule has 1 fully saturated rings. The van der Waals surface area contributed by atoms with Crippen LogP contribution in [0.4, 0.5) is 0 Å². The van der Waals surface area contributed by atoms with Gasteiger partial charge in [0, 0.05) is 12.6 Å². The fraction of sp³-hybridized carbons (Fsp3) is 0.533. The highest BCUT2D eigenvalue weighted by Gasteiger charge is 2.34. The van der Waals surface area contributed by atoms with Gasteiger partial charge < -0.3 is 10.6 Å². The van der Waals surface area contributed by atoms with E-state index in [1.807, 2.05) is 11.0 Å². The molecule has 0 aromatic heterocycles. The van der Waals surface area contributed by atoms with Crippen LogP contribution in [0.25, 0.3) is 0 Å². The molecule has 1 heterocycles. The SMILES string of the molecule is C[C@H](N)C(=O)N1CC[C@@H](Cc2ccccc2)[C@H]1C. The monoisotopic (exact) mass is 246 g/mol. The molecule has 3 heteroatoms. The molecule has 1 amide bonds. The Labute approximate surface area is 109 Å². The van der Waals surface area contributed by atoms with E-state index >= 15 is 0 Å². The van der Waals surface area contributed by atoms with Crippen LogP contribution in [-0.4, -0.2) is 29.4 Å². The Balaban J connectivity index is 1.99. The number of benzene rings is 1. The topological polar surface area (TPSA) is 46.3 Å². The first kappa shape index (κ1) is 13.1. The van der Waals surface area contributed by atoms with Gasteiger partial charge in [0.25, 0.3) is 0 Å². The molecule has 0 bridgehead atoms. The molecule has 0 aliphatic carbocycles. The van der Waals surface area contributed by atoms with E-state index in [1.165, 1.54) is 5.56 Å². The molecule has 1 aliphatic heterocycles. The third-order valence-electron chi connectivity index (χ3n) is 3.93.